The highest BCUT2D eigenvalue weighted by molar-refractivity contribution is 7.93. The Balaban J connectivity index is 1.52. The van der Waals surface area contributed by atoms with Crippen LogP contribution in [-0.4, -0.2) is 33.3 Å². The Kier molecular flexibility index (Phi) is 4.41. The maximum absolute atomic E-state index is 12.8. The van der Waals surface area contributed by atoms with Gasteiger partial charge in [0.15, 0.2) is 6.61 Å². The van der Waals surface area contributed by atoms with Crippen molar-refractivity contribution in [2.45, 2.75) is 4.90 Å². The molecule has 9 heteroatoms. The molecule has 1 aliphatic rings. The van der Waals surface area contributed by atoms with Crippen molar-refractivity contribution in [3.63, 3.8) is 0 Å². The Bertz CT molecular complexity index is 1180. The summed E-state index contributed by atoms with van der Waals surface area (Å²) >= 11 is 6.87. The van der Waals surface area contributed by atoms with Crippen LogP contribution in [0, 0.1) is 0 Å². The quantitative estimate of drug-likeness (QED) is 0.465. The number of benzene rings is 2. The van der Waals surface area contributed by atoms with E-state index in [1.165, 1.54) is 6.07 Å². The Labute approximate surface area is 164 Å². The Morgan fingerprint density at radius 3 is 2.52 bits per heavy atom. The van der Waals surface area contributed by atoms with Gasteiger partial charge in [0, 0.05) is 5.39 Å². The van der Waals surface area contributed by atoms with Gasteiger partial charge in [0.05, 0.1) is 19.8 Å². The molecule has 0 bridgehead atoms. The van der Waals surface area contributed by atoms with E-state index in [1.807, 2.05) is 12.1 Å². The summed E-state index contributed by atoms with van der Waals surface area (Å²) in [6.07, 6.45) is 0. The summed E-state index contributed by atoms with van der Waals surface area (Å²) in [6.45, 7) is -0.977. The number of ketones is 1. The van der Waals surface area contributed by atoms with Crippen molar-refractivity contribution in [1.29, 1.82) is 0 Å². The van der Waals surface area contributed by atoms with Crippen LogP contribution in [0.4, 0.5) is 5.69 Å². The number of rotatable bonds is 5. The topological polar surface area (TPSA) is 80.8 Å². The molecule has 3 aromatic rings. The van der Waals surface area contributed by atoms with Crippen molar-refractivity contribution in [1.82, 2.24) is 0 Å². The fourth-order valence-electron chi connectivity index (χ4n) is 2.97. The first kappa shape index (κ1) is 18.0. The second-order valence-corrected chi connectivity index (χ2v) is 9.38. The van der Waals surface area contributed by atoms with Crippen molar-refractivity contribution >= 4 is 61.2 Å². The summed E-state index contributed by atoms with van der Waals surface area (Å²) < 4.78 is 32.1. The molecule has 2 heterocycles. The highest BCUT2D eigenvalue weighted by atomic mass is 35.5. The second kappa shape index (κ2) is 6.63. The van der Waals surface area contributed by atoms with Gasteiger partial charge in [0.25, 0.3) is 10.0 Å². The molecule has 2 aromatic carbocycles. The summed E-state index contributed by atoms with van der Waals surface area (Å²) in [5, 5.41) is 1.35. The fraction of sp³-hybridized carbons (Fsp3) is 0.111. The third-order valence-electron chi connectivity index (χ3n) is 4.17. The zero-order valence-corrected chi connectivity index (χ0v) is 16.1. The van der Waals surface area contributed by atoms with Crippen LogP contribution < -0.4 is 4.31 Å². The standard InChI is InChI=1S/C18H12ClNO5S2/c19-16-8-7-14(26-16)13(21)10-25-17(22)9-20-12-5-1-3-11-4-2-6-15(18(11)12)27(20,23)24/h1-8H,9-10H2. The van der Waals surface area contributed by atoms with Crippen molar-refractivity contribution in [3.8, 4) is 0 Å². The molecular weight excluding hydrogens is 410 g/mol. The van der Waals surface area contributed by atoms with E-state index in [4.69, 9.17) is 16.3 Å². The lowest BCUT2D eigenvalue weighted by atomic mass is 10.1. The second-order valence-electron chi connectivity index (χ2n) is 5.83. The zero-order chi connectivity index (χ0) is 19.2. The highest BCUT2D eigenvalue weighted by Gasteiger charge is 2.37. The van der Waals surface area contributed by atoms with Gasteiger partial charge in [-0.15, -0.1) is 11.3 Å². The highest BCUT2D eigenvalue weighted by Crippen LogP contribution is 2.41. The van der Waals surface area contributed by atoms with Crippen LogP contribution in [0.3, 0.4) is 0 Å². The summed E-state index contributed by atoms with van der Waals surface area (Å²) in [5.74, 6) is -1.20. The summed E-state index contributed by atoms with van der Waals surface area (Å²) in [5.41, 5.74) is 0.427. The molecule has 0 aliphatic carbocycles. The van der Waals surface area contributed by atoms with E-state index in [2.05, 4.69) is 0 Å². The van der Waals surface area contributed by atoms with Crippen LogP contribution in [-0.2, 0) is 19.6 Å². The number of nitrogens with zero attached hydrogens (tertiary/aromatic N) is 1. The molecule has 0 unspecified atom stereocenters. The number of hydrogen-bond acceptors (Lipinski definition) is 6. The van der Waals surface area contributed by atoms with Gasteiger partial charge in [-0.3, -0.25) is 13.9 Å². The largest absolute Gasteiger partial charge is 0.456 e. The molecule has 0 saturated heterocycles. The molecule has 1 aromatic heterocycles. The summed E-state index contributed by atoms with van der Waals surface area (Å²) in [4.78, 5) is 24.7. The number of thiophene rings is 1. The number of Topliss-reactive ketones (excluding diaryl/α,β-unsaturated/α-hetero) is 1. The van der Waals surface area contributed by atoms with Gasteiger partial charge < -0.3 is 4.74 Å². The monoisotopic (exact) mass is 421 g/mol. The van der Waals surface area contributed by atoms with E-state index < -0.39 is 34.9 Å². The average molecular weight is 422 g/mol. The first-order valence-corrected chi connectivity index (χ1v) is 10.5. The number of anilines is 1. The van der Waals surface area contributed by atoms with Crippen LogP contribution >= 0.6 is 22.9 Å². The fourth-order valence-corrected chi connectivity index (χ4v) is 5.59. The first-order valence-electron chi connectivity index (χ1n) is 7.86. The molecule has 4 rings (SSSR count). The van der Waals surface area contributed by atoms with Crippen molar-refractivity contribution < 1.29 is 22.7 Å². The van der Waals surface area contributed by atoms with E-state index in [9.17, 15) is 18.0 Å². The maximum Gasteiger partial charge on any atom is 0.327 e. The molecular formula is C18H12ClNO5S2. The molecule has 0 atom stereocenters. The van der Waals surface area contributed by atoms with Gasteiger partial charge in [-0.1, -0.05) is 35.9 Å². The number of halogens is 1. The Hall–Kier alpha value is -2.42. The smallest absolute Gasteiger partial charge is 0.327 e. The van der Waals surface area contributed by atoms with Crippen LogP contribution in [0.1, 0.15) is 9.67 Å². The molecule has 0 radical (unpaired) electrons. The number of sulfonamides is 1. The van der Waals surface area contributed by atoms with Crippen molar-refractivity contribution in [3.05, 3.63) is 57.7 Å². The number of hydrogen-bond donors (Lipinski definition) is 0. The van der Waals surface area contributed by atoms with E-state index >= 15 is 0 Å². The molecule has 0 saturated carbocycles. The van der Waals surface area contributed by atoms with Gasteiger partial charge in [-0.2, -0.15) is 0 Å². The molecule has 138 valence electrons. The minimum absolute atomic E-state index is 0.160. The molecule has 0 N–H and O–H groups in total. The first-order chi connectivity index (χ1) is 12.9. The average Bonchev–Trinajstić information content (AvgIpc) is 3.17. The predicted octanol–water partition coefficient (Wildman–Crippen LogP) is 3.49. The molecule has 0 spiro atoms. The van der Waals surface area contributed by atoms with Gasteiger partial charge in [0.2, 0.25) is 5.78 Å². The van der Waals surface area contributed by atoms with Crippen LogP contribution in [0.25, 0.3) is 10.8 Å². The summed E-state index contributed by atoms with van der Waals surface area (Å²) in [7, 11) is -3.85. The van der Waals surface area contributed by atoms with Gasteiger partial charge in [-0.25, -0.2) is 8.42 Å². The van der Waals surface area contributed by atoms with E-state index in [1.54, 1.807) is 30.3 Å². The van der Waals surface area contributed by atoms with Gasteiger partial charge >= 0.3 is 5.97 Å². The van der Waals surface area contributed by atoms with Crippen LogP contribution in [0.15, 0.2) is 53.4 Å². The molecule has 1 aliphatic heterocycles. The lowest BCUT2D eigenvalue weighted by Crippen LogP contribution is -2.34. The van der Waals surface area contributed by atoms with Gasteiger partial charge in [-0.05, 0) is 29.7 Å². The van der Waals surface area contributed by atoms with Gasteiger partial charge in [0.1, 0.15) is 6.54 Å². The van der Waals surface area contributed by atoms with Crippen molar-refractivity contribution in [2.75, 3.05) is 17.5 Å². The number of esters is 1. The lowest BCUT2D eigenvalue weighted by Gasteiger charge is -2.17. The van der Waals surface area contributed by atoms with Crippen molar-refractivity contribution in [2.24, 2.45) is 0 Å². The Morgan fingerprint density at radius 1 is 1.07 bits per heavy atom. The molecule has 6 nitrogen and oxygen atoms in total. The minimum atomic E-state index is -3.85. The molecule has 0 amide bonds. The Morgan fingerprint density at radius 2 is 1.81 bits per heavy atom. The maximum atomic E-state index is 12.8. The molecule has 0 fully saturated rings. The van der Waals surface area contributed by atoms with E-state index in [0.717, 1.165) is 21.0 Å². The van der Waals surface area contributed by atoms with E-state index in [-0.39, 0.29) is 4.90 Å². The normalized spacial score (nSPS) is 14.5. The van der Waals surface area contributed by atoms with Crippen LogP contribution in [0.5, 0.6) is 0 Å². The summed E-state index contributed by atoms with van der Waals surface area (Å²) in [6, 6.07) is 13.3. The lowest BCUT2D eigenvalue weighted by molar-refractivity contribution is -0.140. The zero-order valence-electron chi connectivity index (χ0n) is 13.7. The minimum Gasteiger partial charge on any atom is -0.456 e. The van der Waals surface area contributed by atoms with Crippen LogP contribution in [0.2, 0.25) is 4.34 Å². The SMILES string of the molecule is O=C(CN1c2cccc3cccc(c23)S1(=O)=O)OCC(=O)c1ccc(Cl)s1. The third-order valence-corrected chi connectivity index (χ3v) is 7.24. The number of carbonyl (C=O) groups excluding carboxylic acids is 2. The molecule has 27 heavy (non-hydrogen) atoms. The number of carbonyl (C=O) groups is 2. The third kappa shape index (κ3) is 3.09. The predicted molar refractivity (Wildman–Crippen MR) is 103 cm³/mol. The number of ether oxygens (including phenoxy) is 1. The van der Waals surface area contributed by atoms with E-state index in [0.29, 0.717) is 20.3 Å².